The van der Waals surface area contributed by atoms with Crippen molar-refractivity contribution in [2.24, 2.45) is 10.6 Å². The fourth-order valence-corrected chi connectivity index (χ4v) is 6.56. The highest BCUT2D eigenvalue weighted by atomic mass is 32.2. The highest BCUT2D eigenvalue weighted by molar-refractivity contribution is 7.89. The summed E-state index contributed by atoms with van der Waals surface area (Å²) in [5.74, 6) is 0.116. The van der Waals surface area contributed by atoms with E-state index >= 15 is 0 Å². The number of nitrogens with zero attached hydrogens (tertiary/aromatic N) is 2. The summed E-state index contributed by atoms with van der Waals surface area (Å²) < 4.78 is 33.2. The van der Waals surface area contributed by atoms with E-state index in [0.29, 0.717) is 43.2 Å². The highest BCUT2D eigenvalue weighted by Crippen LogP contribution is 2.45. The van der Waals surface area contributed by atoms with Gasteiger partial charge in [-0.1, -0.05) is 0 Å². The second-order valence-corrected chi connectivity index (χ2v) is 13.6. The van der Waals surface area contributed by atoms with Gasteiger partial charge in [0, 0.05) is 42.9 Å². The van der Waals surface area contributed by atoms with Crippen LogP contribution in [0.3, 0.4) is 0 Å². The molecule has 0 aromatic heterocycles. The van der Waals surface area contributed by atoms with Crippen molar-refractivity contribution in [1.82, 2.24) is 10.2 Å². The number of methoxy groups -OCH3 is 1. The van der Waals surface area contributed by atoms with E-state index in [9.17, 15) is 22.8 Å². The Morgan fingerprint density at radius 3 is 2.42 bits per heavy atom. The van der Waals surface area contributed by atoms with E-state index in [0.717, 1.165) is 61.3 Å². The summed E-state index contributed by atoms with van der Waals surface area (Å²) in [6.45, 7) is 5.40. The van der Waals surface area contributed by atoms with Gasteiger partial charge in [0.15, 0.2) is 0 Å². The minimum absolute atomic E-state index is 0.0724. The number of carbonyl (C=O) groups excluding carboxylic acids is 3. The second kappa shape index (κ2) is 12.6. The lowest BCUT2D eigenvalue weighted by Crippen LogP contribution is -2.41. The third-order valence-electron chi connectivity index (χ3n) is 8.70. The van der Waals surface area contributed by atoms with Gasteiger partial charge >= 0.3 is 5.97 Å². The van der Waals surface area contributed by atoms with Crippen LogP contribution in [0.5, 0.6) is 5.75 Å². The predicted octanol–water partition coefficient (Wildman–Crippen LogP) is 2.79. The molecular weight excluding hydrogens is 572 g/mol. The molecule has 2 aromatic rings. The molecule has 1 saturated carbocycles. The minimum atomic E-state index is -3.65. The summed E-state index contributed by atoms with van der Waals surface area (Å²) in [7, 11) is -2.25. The third-order valence-corrected chi connectivity index (χ3v) is 9.47. The molecule has 12 heteroatoms. The van der Waals surface area contributed by atoms with Gasteiger partial charge in [-0.05, 0) is 99.0 Å². The van der Waals surface area contributed by atoms with Gasteiger partial charge in [0.05, 0.1) is 25.0 Å². The van der Waals surface area contributed by atoms with Crippen molar-refractivity contribution < 1.29 is 32.3 Å². The topological polar surface area (TPSA) is 148 Å². The molecule has 232 valence electrons. The second-order valence-electron chi connectivity index (χ2n) is 11.8. The molecule has 2 saturated heterocycles. The summed E-state index contributed by atoms with van der Waals surface area (Å²) >= 11 is 0. The maximum atomic E-state index is 13.1. The quantitative estimate of drug-likeness (QED) is 0.368. The molecule has 2 aromatic carbocycles. The van der Waals surface area contributed by atoms with Gasteiger partial charge < -0.3 is 19.7 Å². The number of ether oxygens (including phenoxy) is 2. The number of carbonyl (C=O) groups is 3. The smallest absolute Gasteiger partial charge is 0.338 e. The van der Waals surface area contributed by atoms with E-state index in [1.165, 1.54) is 7.11 Å². The molecule has 1 spiro atoms. The first-order valence-electron chi connectivity index (χ1n) is 14.8. The fourth-order valence-electron chi connectivity index (χ4n) is 6.17. The highest BCUT2D eigenvalue weighted by Gasteiger charge is 2.45. The molecule has 2 amide bonds. The number of amides is 2. The van der Waals surface area contributed by atoms with E-state index in [-0.39, 0.29) is 29.6 Å². The first-order chi connectivity index (χ1) is 20.5. The normalized spacial score (nSPS) is 18.6. The molecule has 3 aliphatic rings. The van der Waals surface area contributed by atoms with Gasteiger partial charge in [0.1, 0.15) is 5.75 Å². The van der Waals surface area contributed by atoms with E-state index in [2.05, 4.69) is 16.3 Å². The number of nitrogens with two attached hydrogens (primary N) is 1. The Hall–Kier alpha value is -3.48. The minimum Gasteiger partial charge on any atom is -0.494 e. The van der Waals surface area contributed by atoms with Crippen molar-refractivity contribution in [3.63, 3.8) is 0 Å². The number of anilines is 1. The SMILES string of the molecule is CCOc1cc(C(=O)OC)c(C2CC2)cc1CN1CCC2(CC1)CC(=O)N(c1ccc(C(=O)NCCS(N)(=O)=O)cc1)C2. The van der Waals surface area contributed by atoms with Crippen molar-refractivity contribution in [2.45, 2.75) is 51.5 Å². The number of benzene rings is 2. The molecule has 0 bridgehead atoms. The van der Waals surface area contributed by atoms with E-state index in [1.54, 1.807) is 29.2 Å². The molecule has 2 heterocycles. The Balaban J connectivity index is 1.21. The zero-order chi connectivity index (χ0) is 30.8. The number of esters is 1. The lowest BCUT2D eigenvalue weighted by Gasteiger charge is -2.39. The first-order valence-corrected chi connectivity index (χ1v) is 16.5. The molecule has 0 radical (unpaired) electrons. The molecular formula is C31H40N4O7S. The summed E-state index contributed by atoms with van der Waals surface area (Å²) in [5, 5.41) is 7.52. The van der Waals surface area contributed by atoms with Crippen LogP contribution in [0.15, 0.2) is 36.4 Å². The van der Waals surface area contributed by atoms with Crippen molar-refractivity contribution >= 4 is 33.5 Å². The number of likely N-dealkylation sites (tertiary alicyclic amines) is 1. The molecule has 2 aliphatic heterocycles. The number of sulfonamides is 1. The first kappa shape index (κ1) is 31.0. The van der Waals surface area contributed by atoms with Crippen LogP contribution in [0.1, 0.15) is 76.8 Å². The third kappa shape index (κ3) is 7.36. The Morgan fingerprint density at radius 2 is 1.81 bits per heavy atom. The summed E-state index contributed by atoms with van der Waals surface area (Å²) in [5.41, 5.74) is 3.73. The summed E-state index contributed by atoms with van der Waals surface area (Å²) in [4.78, 5) is 42.1. The maximum Gasteiger partial charge on any atom is 0.338 e. The lowest BCUT2D eigenvalue weighted by molar-refractivity contribution is -0.118. The summed E-state index contributed by atoms with van der Waals surface area (Å²) in [6.07, 6.45) is 4.41. The van der Waals surface area contributed by atoms with E-state index in [4.69, 9.17) is 14.6 Å². The van der Waals surface area contributed by atoms with Gasteiger partial charge in [0.2, 0.25) is 15.9 Å². The number of rotatable bonds is 11. The van der Waals surface area contributed by atoms with Gasteiger partial charge in [-0.3, -0.25) is 14.5 Å². The average molecular weight is 613 g/mol. The Kier molecular flexibility index (Phi) is 9.10. The molecule has 11 nitrogen and oxygen atoms in total. The number of hydrogen-bond acceptors (Lipinski definition) is 8. The van der Waals surface area contributed by atoms with Gasteiger partial charge in [-0.2, -0.15) is 0 Å². The number of primary sulfonamides is 1. The number of nitrogens with one attached hydrogen (secondary N) is 1. The molecule has 1 aliphatic carbocycles. The lowest BCUT2D eigenvalue weighted by atomic mass is 9.77. The zero-order valence-electron chi connectivity index (χ0n) is 24.8. The van der Waals surface area contributed by atoms with Crippen LogP contribution in [0.25, 0.3) is 0 Å². The standard InChI is InChI=1S/C31H40N4O7S/c1-3-42-27-17-26(30(38)41-2)25(21-4-5-21)16-23(27)19-34-13-10-31(11-14-34)18-28(36)35(20-31)24-8-6-22(7-9-24)29(37)33-12-15-43(32,39)40/h6-9,16-17,21H,3-5,10-15,18-20H2,1-2H3,(H,33,37)(H2,32,39,40). The Morgan fingerprint density at radius 1 is 1.12 bits per heavy atom. The zero-order valence-corrected chi connectivity index (χ0v) is 25.6. The largest absolute Gasteiger partial charge is 0.494 e. The van der Waals surface area contributed by atoms with Gasteiger partial charge in [-0.15, -0.1) is 0 Å². The Labute approximate surface area is 252 Å². The molecule has 5 rings (SSSR count). The van der Waals surface area contributed by atoms with Crippen molar-refractivity contribution in [3.05, 3.63) is 58.7 Å². The van der Waals surface area contributed by atoms with Crippen LogP contribution in [-0.2, 0) is 26.1 Å². The molecule has 43 heavy (non-hydrogen) atoms. The van der Waals surface area contributed by atoms with Crippen LogP contribution < -0.4 is 20.1 Å². The van der Waals surface area contributed by atoms with Gasteiger partial charge in [-0.25, -0.2) is 18.4 Å². The average Bonchev–Trinajstić information content (AvgIpc) is 3.77. The monoisotopic (exact) mass is 612 g/mol. The number of hydrogen-bond donors (Lipinski definition) is 2. The van der Waals surface area contributed by atoms with Crippen molar-refractivity contribution in [2.75, 3.05) is 50.5 Å². The van der Waals surface area contributed by atoms with E-state index in [1.807, 2.05) is 13.0 Å². The van der Waals surface area contributed by atoms with Crippen LogP contribution in [-0.4, -0.2) is 76.7 Å². The van der Waals surface area contributed by atoms with Crippen LogP contribution >= 0.6 is 0 Å². The fraction of sp³-hybridized carbons (Fsp3) is 0.516. The number of piperidine rings is 1. The van der Waals surface area contributed by atoms with Crippen molar-refractivity contribution in [1.29, 1.82) is 0 Å². The summed E-state index contributed by atoms with van der Waals surface area (Å²) in [6, 6.07) is 10.8. The molecule has 0 unspecified atom stereocenters. The predicted molar refractivity (Wildman–Crippen MR) is 162 cm³/mol. The van der Waals surface area contributed by atoms with Crippen LogP contribution in [0.2, 0.25) is 0 Å². The van der Waals surface area contributed by atoms with Crippen molar-refractivity contribution in [3.8, 4) is 5.75 Å². The van der Waals surface area contributed by atoms with Gasteiger partial charge in [0.25, 0.3) is 5.91 Å². The molecule has 0 atom stereocenters. The molecule has 3 N–H and O–H groups in total. The molecule has 3 fully saturated rings. The van der Waals surface area contributed by atoms with E-state index < -0.39 is 15.9 Å². The van der Waals surface area contributed by atoms with Crippen LogP contribution in [0.4, 0.5) is 5.69 Å². The Bertz CT molecular complexity index is 1480. The maximum absolute atomic E-state index is 13.1. The van der Waals surface area contributed by atoms with Crippen LogP contribution in [0, 0.1) is 5.41 Å².